The second-order valence-electron chi connectivity index (χ2n) is 10.2. The number of amides is 2. The summed E-state index contributed by atoms with van der Waals surface area (Å²) >= 11 is 0. The van der Waals surface area contributed by atoms with Gasteiger partial charge in [-0.15, -0.1) is 0 Å². The summed E-state index contributed by atoms with van der Waals surface area (Å²) in [5.74, 6) is 1.22. The van der Waals surface area contributed by atoms with Crippen molar-refractivity contribution in [2.45, 2.75) is 56.9 Å². The van der Waals surface area contributed by atoms with Crippen molar-refractivity contribution in [1.82, 2.24) is 26.0 Å². The van der Waals surface area contributed by atoms with Crippen LogP contribution in [0.25, 0.3) is 0 Å². The highest BCUT2D eigenvalue weighted by molar-refractivity contribution is 5.94. The van der Waals surface area contributed by atoms with Gasteiger partial charge in [-0.3, -0.25) is 9.59 Å². The summed E-state index contributed by atoms with van der Waals surface area (Å²) in [6.45, 7) is 5.90. The second-order valence-corrected chi connectivity index (χ2v) is 10.2. The van der Waals surface area contributed by atoms with Gasteiger partial charge in [0.2, 0.25) is 0 Å². The summed E-state index contributed by atoms with van der Waals surface area (Å²) < 4.78 is 5.40. The highest BCUT2D eigenvalue weighted by Gasteiger charge is 2.31. The third-order valence-electron chi connectivity index (χ3n) is 7.53. The molecule has 3 N–H and O–H groups in total. The van der Waals surface area contributed by atoms with E-state index in [1.54, 1.807) is 6.07 Å². The molecule has 8 nitrogen and oxygen atoms in total. The molecule has 2 aromatic rings. The molecule has 35 heavy (non-hydrogen) atoms. The lowest BCUT2D eigenvalue weighted by atomic mass is 9.85. The number of rotatable bonds is 10. The molecular weight excluding hydrogens is 442 g/mol. The highest BCUT2D eigenvalue weighted by Crippen LogP contribution is 2.40. The maximum atomic E-state index is 13.1. The zero-order valence-electron chi connectivity index (χ0n) is 20.4. The highest BCUT2D eigenvalue weighted by atomic mass is 16.5. The largest absolute Gasteiger partial charge is 0.360 e. The average molecular weight is 480 g/mol. The molecule has 1 unspecified atom stereocenters. The number of carbonyl (C=O) groups excluding carboxylic acids is 2. The predicted molar refractivity (Wildman–Crippen MR) is 133 cm³/mol. The fraction of sp³-hybridized carbons (Fsp3) is 0.593. The minimum absolute atomic E-state index is 0.0609. The van der Waals surface area contributed by atoms with E-state index in [0.717, 1.165) is 63.1 Å². The molecule has 1 saturated carbocycles. The Balaban J connectivity index is 1.24. The van der Waals surface area contributed by atoms with Gasteiger partial charge in [-0.2, -0.15) is 0 Å². The molecule has 3 fully saturated rings. The van der Waals surface area contributed by atoms with Crippen LogP contribution in [0.1, 0.15) is 89.1 Å². The Kier molecular flexibility index (Phi) is 7.79. The molecule has 3 aliphatic rings. The molecule has 3 heterocycles. The van der Waals surface area contributed by atoms with Gasteiger partial charge >= 0.3 is 0 Å². The van der Waals surface area contributed by atoms with E-state index in [9.17, 15) is 9.59 Å². The van der Waals surface area contributed by atoms with Gasteiger partial charge in [0.25, 0.3) is 11.8 Å². The third kappa shape index (κ3) is 6.30. The molecule has 2 aliphatic heterocycles. The Bertz CT molecular complexity index is 1010. The quantitative estimate of drug-likeness (QED) is 0.453. The van der Waals surface area contributed by atoms with E-state index in [1.165, 1.54) is 25.9 Å². The predicted octanol–water partition coefficient (Wildman–Crippen LogP) is 3.24. The number of hydrogen-bond donors (Lipinski definition) is 3. The number of aromatic nitrogens is 1. The number of likely N-dealkylation sites (tertiary alicyclic amines) is 1. The first kappa shape index (κ1) is 24.0. The van der Waals surface area contributed by atoms with Gasteiger partial charge in [0.15, 0.2) is 5.69 Å². The fourth-order valence-electron chi connectivity index (χ4n) is 5.31. The first-order valence-corrected chi connectivity index (χ1v) is 13.3. The lowest BCUT2D eigenvalue weighted by molar-refractivity contribution is 0.0904. The zero-order valence-corrected chi connectivity index (χ0v) is 20.4. The Labute approximate surface area is 207 Å². The number of hydrogen-bond acceptors (Lipinski definition) is 6. The second kappa shape index (κ2) is 11.4. The topological polar surface area (TPSA) is 99.5 Å². The summed E-state index contributed by atoms with van der Waals surface area (Å²) in [5.41, 5.74) is 1.92. The zero-order chi connectivity index (χ0) is 24.0. The maximum absolute atomic E-state index is 13.1. The van der Waals surface area contributed by atoms with Crippen LogP contribution in [0.5, 0.6) is 0 Å². The lowest BCUT2D eigenvalue weighted by Crippen LogP contribution is -2.39. The Morgan fingerprint density at radius 2 is 1.89 bits per heavy atom. The smallest absolute Gasteiger partial charge is 0.273 e. The van der Waals surface area contributed by atoms with Gasteiger partial charge in [-0.25, -0.2) is 0 Å². The molecule has 1 atom stereocenters. The van der Waals surface area contributed by atoms with Crippen molar-refractivity contribution < 1.29 is 14.1 Å². The van der Waals surface area contributed by atoms with Gasteiger partial charge in [0, 0.05) is 24.1 Å². The van der Waals surface area contributed by atoms with Crippen LogP contribution in [0, 0.1) is 5.92 Å². The minimum Gasteiger partial charge on any atom is -0.360 e. The van der Waals surface area contributed by atoms with Crippen molar-refractivity contribution in [2.24, 2.45) is 5.92 Å². The van der Waals surface area contributed by atoms with Crippen molar-refractivity contribution >= 4 is 11.8 Å². The molecule has 5 rings (SSSR count). The van der Waals surface area contributed by atoms with Crippen molar-refractivity contribution in [2.75, 3.05) is 39.3 Å². The summed E-state index contributed by atoms with van der Waals surface area (Å²) in [6.07, 6.45) is 7.65. The van der Waals surface area contributed by atoms with Crippen LogP contribution in [0.4, 0.5) is 0 Å². The molecule has 1 aliphatic carbocycles. The lowest BCUT2D eigenvalue weighted by Gasteiger charge is -2.31. The monoisotopic (exact) mass is 479 g/mol. The average Bonchev–Trinajstić information content (AvgIpc) is 3.38. The van der Waals surface area contributed by atoms with E-state index in [2.05, 4.69) is 26.0 Å². The molecule has 0 spiro atoms. The molecular formula is C27H37N5O3. The van der Waals surface area contributed by atoms with E-state index < -0.39 is 0 Å². The van der Waals surface area contributed by atoms with E-state index in [1.807, 2.05) is 24.3 Å². The third-order valence-corrected chi connectivity index (χ3v) is 7.53. The number of nitrogens with zero attached hydrogens (tertiary/aromatic N) is 2. The number of nitrogens with one attached hydrogen (secondary N) is 3. The molecule has 1 aromatic carbocycles. The van der Waals surface area contributed by atoms with Crippen molar-refractivity contribution in [3.63, 3.8) is 0 Å². The summed E-state index contributed by atoms with van der Waals surface area (Å²) in [7, 11) is 0. The Morgan fingerprint density at radius 3 is 2.66 bits per heavy atom. The van der Waals surface area contributed by atoms with Gasteiger partial charge in [-0.1, -0.05) is 17.3 Å². The van der Waals surface area contributed by atoms with E-state index >= 15 is 0 Å². The fourth-order valence-corrected chi connectivity index (χ4v) is 5.31. The van der Waals surface area contributed by atoms with Gasteiger partial charge < -0.3 is 25.4 Å². The van der Waals surface area contributed by atoms with Gasteiger partial charge in [-0.05, 0) is 101 Å². The van der Waals surface area contributed by atoms with Crippen LogP contribution in [0.2, 0.25) is 0 Å². The van der Waals surface area contributed by atoms with Crippen molar-refractivity contribution in [3.05, 3.63) is 52.9 Å². The van der Waals surface area contributed by atoms with Gasteiger partial charge in [0.05, 0.1) is 6.04 Å². The number of carbonyl (C=O) groups is 2. The summed E-state index contributed by atoms with van der Waals surface area (Å²) in [6, 6.07) is 9.29. The first-order chi connectivity index (χ1) is 17.2. The molecule has 1 aromatic heterocycles. The SMILES string of the molecule is O=C(NCCCN1CCCC1)c1cccc(C(NC(=O)c2cc(C3CC3)on2)C2CCNCC2)c1. The van der Waals surface area contributed by atoms with E-state index in [0.29, 0.717) is 23.7 Å². The number of piperidine rings is 1. The normalized spacial score (nSPS) is 20.0. The molecule has 8 heteroatoms. The maximum Gasteiger partial charge on any atom is 0.273 e. The molecule has 0 radical (unpaired) electrons. The Hall–Kier alpha value is -2.71. The Morgan fingerprint density at radius 1 is 1.09 bits per heavy atom. The summed E-state index contributed by atoms with van der Waals surface area (Å²) in [4.78, 5) is 28.4. The molecule has 2 amide bonds. The van der Waals surface area contributed by atoms with Crippen molar-refractivity contribution in [3.8, 4) is 0 Å². The van der Waals surface area contributed by atoms with Crippen LogP contribution in [0.3, 0.4) is 0 Å². The van der Waals surface area contributed by atoms with E-state index in [4.69, 9.17) is 4.52 Å². The van der Waals surface area contributed by atoms with Crippen LogP contribution in [-0.4, -0.2) is 61.1 Å². The number of benzene rings is 1. The standard InChI is InChI=1S/C27H37N5O3/c33-26(29-11-4-16-32-14-1-2-15-32)22-6-3-5-21(17-22)25(20-9-12-28-13-10-20)30-27(34)23-18-24(35-31-23)19-7-8-19/h3,5-6,17-20,25,28H,1-2,4,7-16H2,(H,29,33)(H,30,34). The summed E-state index contributed by atoms with van der Waals surface area (Å²) in [5, 5.41) is 13.7. The van der Waals surface area contributed by atoms with Crippen LogP contribution >= 0.6 is 0 Å². The van der Waals surface area contributed by atoms with E-state index in [-0.39, 0.29) is 23.8 Å². The van der Waals surface area contributed by atoms with Crippen LogP contribution in [-0.2, 0) is 0 Å². The minimum atomic E-state index is -0.221. The van der Waals surface area contributed by atoms with Gasteiger partial charge in [0.1, 0.15) is 5.76 Å². The van der Waals surface area contributed by atoms with Crippen molar-refractivity contribution in [1.29, 1.82) is 0 Å². The van der Waals surface area contributed by atoms with Crippen LogP contribution < -0.4 is 16.0 Å². The first-order valence-electron chi connectivity index (χ1n) is 13.3. The molecule has 2 saturated heterocycles. The molecule has 0 bridgehead atoms. The molecule has 188 valence electrons. The van der Waals surface area contributed by atoms with Crippen LogP contribution in [0.15, 0.2) is 34.9 Å².